The van der Waals surface area contributed by atoms with Crippen LogP contribution >= 0.6 is 0 Å². The molecule has 1 aromatic rings. The lowest BCUT2D eigenvalue weighted by molar-refractivity contribution is -0.138. The molecule has 0 unspecified atom stereocenters. The van der Waals surface area contributed by atoms with E-state index in [0.29, 0.717) is 24.8 Å². The minimum Gasteiger partial charge on any atom is -0.507 e. The van der Waals surface area contributed by atoms with Crippen molar-refractivity contribution in [3.05, 3.63) is 29.3 Å². The Hall–Kier alpha value is -2.65. The monoisotopic (exact) mass is 420 g/mol. The largest absolute Gasteiger partial charge is 0.507 e. The molecule has 0 saturated carbocycles. The number of hydrogen-bond donors (Lipinski definition) is 5. The summed E-state index contributed by atoms with van der Waals surface area (Å²) in [5, 5.41) is 35.8. The number of nitrogens with one attached hydrogen (secondary N) is 2. The number of amides is 2. The quantitative estimate of drug-likeness (QED) is 0.391. The van der Waals surface area contributed by atoms with Crippen LogP contribution in [0.3, 0.4) is 0 Å². The molecular weight excluding hydrogens is 392 g/mol. The molecule has 2 amide bonds. The van der Waals surface area contributed by atoms with E-state index in [-0.39, 0.29) is 29.6 Å². The van der Waals surface area contributed by atoms with Gasteiger partial charge in [-0.3, -0.25) is 9.59 Å². The number of cyclic esters (lactones) is 1. The Bertz CT molecular complexity index is 826. The molecule has 0 radical (unpaired) electrons. The van der Waals surface area contributed by atoms with Gasteiger partial charge in [0.2, 0.25) is 5.91 Å². The maximum atomic E-state index is 12.6. The number of hydrogen-bond acceptors (Lipinski definition) is 7. The molecule has 9 nitrogen and oxygen atoms in total. The molecule has 1 saturated heterocycles. The number of fused-ring (bicyclic) bond motifs is 1. The molecule has 2 aliphatic rings. The van der Waals surface area contributed by atoms with Gasteiger partial charge in [0.1, 0.15) is 23.5 Å². The van der Waals surface area contributed by atoms with Gasteiger partial charge < -0.3 is 30.7 Å². The second kappa shape index (κ2) is 9.01. The highest BCUT2D eigenvalue weighted by Gasteiger charge is 2.39. The van der Waals surface area contributed by atoms with Crippen molar-refractivity contribution in [3.8, 4) is 5.75 Å². The number of carbonyl (C=O) groups is 3. The van der Waals surface area contributed by atoms with Gasteiger partial charge in [-0.2, -0.15) is 0 Å². The van der Waals surface area contributed by atoms with Gasteiger partial charge in [-0.05, 0) is 30.4 Å². The van der Waals surface area contributed by atoms with E-state index < -0.39 is 42.3 Å². The Labute approximate surface area is 174 Å². The fourth-order valence-electron chi connectivity index (χ4n) is 4.02. The number of aliphatic hydroxyl groups excluding tert-OH is 2. The third-order valence-electron chi connectivity index (χ3n) is 5.55. The molecule has 164 valence electrons. The number of ether oxygens (including phenoxy) is 1. The Balaban J connectivity index is 1.72. The minimum absolute atomic E-state index is 0.121. The SMILES string of the molecule is CC(C)C[C@H](NC(=O)[C@@H](O)[C@@H](O)[C@H]1CCC(=O)N1)[C@@H]1Cc2cccc(O)c2C(=O)O1. The van der Waals surface area contributed by atoms with Crippen LogP contribution in [0.1, 0.15) is 49.0 Å². The van der Waals surface area contributed by atoms with Crippen LogP contribution in [-0.2, 0) is 20.7 Å². The first-order valence-electron chi connectivity index (χ1n) is 10.1. The van der Waals surface area contributed by atoms with E-state index in [1.807, 2.05) is 13.8 Å². The Kier molecular flexibility index (Phi) is 6.62. The summed E-state index contributed by atoms with van der Waals surface area (Å²) < 4.78 is 5.50. The van der Waals surface area contributed by atoms with Crippen LogP contribution in [0.2, 0.25) is 0 Å². The van der Waals surface area contributed by atoms with Crippen molar-refractivity contribution >= 4 is 17.8 Å². The van der Waals surface area contributed by atoms with Crippen LogP contribution in [0.25, 0.3) is 0 Å². The number of aromatic hydroxyl groups is 1. The third kappa shape index (κ3) is 4.73. The smallest absolute Gasteiger partial charge is 0.342 e. The normalized spacial score (nSPS) is 23.9. The first-order chi connectivity index (χ1) is 14.2. The Morgan fingerprint density at radius 1 is 1.30 bits per heavy atom. The van der Waals surface area contributed by atoms with E-state index in [1.54, 1.807) is 12.1 Å². The zero-order valence-electron chi connectivity index (χ0n) is 17.0. The molecule has 1 fully saturated rings. The summed E-state index contributed by atoms with van der Waals surface area (Å²) in [4.78, 5) is 36.4. The molecular formula is C21H28N2O7. The van der Waals surface area contributed by atoms with E-state index in [9.17, 15) is 29.7 Å². The van der Waals surface area contributed by atoms with Crippen LogP contribution in [0.15, 0.2) is 18.2 Å². The average Bonchev–Trinajstić information content (AvgIpc) is 3.12. The summed E-state index contributed by atoms with van der Waals surface area (Å²) in [6.45, 7) is 3.89. The zero-order chi connectivity index (χ0) is 22.0. The van der Waals surface area contributed by atoms with E-state index in [4.69, 9.17) is 4.74 Å². The van der Waals surface area contributed by atoms with Gasteiger partial charge >= 0.3 is 5.97 Å². The Morgan fingerprint density at radius 3 is 2.67 bits per heavy atom. The molecule has 5 atom stereocenters. The van der Waals surface area contributed by atoms with Gasteiger partial charge in [-0.15, -0.1) is 0 Å². The summed E-state index contributed by atoms with van der Waals surface area (Å²) in [5.41, 5.74) is 0.740. The van der Waals surface area contributed by atoms with Gasteiger partial charge in [0, 0.05) is 12.8 Å². The first kappa shape index (κ1) is 22.0. The summed E-state index contributed by atoms with van der Waals surface area (Å²) in [6, 6.07) is 3.47. The molecule has 9 heteroatoms. The summed E-state index contributed by atoms with van der Waals surface area (Å²) >= 11 is 0. The van der Waals surface area contributed by atoms with Crippen LogP contribution in [-0.4, -0.2) is 63.5 Å². The van der Waals surface area contributed by atoms with E-state index in [1.165, 1.54) is 6.07 Å². The predicted octanol–water partition coefficient (Wildman–Crippen LogP) is 0.00500. The highest BCUT2D eigenvalue weighted by atomic mass is 16.5. The molecule has 30 heavy (non-hydrogen) atoms. The highest BCUT2D eigenvalue weighted by molar-refractivity contribution is 5.95. The van der Waals surface area contributed by atoms with E-state index in [0.717, 1.165) is 0 Å². The molecule has 0 aromatic heterocycles. The fourth-order valence-corrected chi connectivity index (χ4v) is 4.02. The van der Waals surface area contributed by atoms with Gasteiger partial charge in [-0.25, -0.2) is 4.79 Å². The minimum atomic E-state index is -1.74. The first-order valence-corrected chi connectivity index (χ1v) is 10.1. The molecule has 0 bridgehead atoms. The standard InChI is InChI=1S/C21H28N2O7/c1-10(2)8-13(15-9-11-4-3-5-14(24)17(11)21(29)30-15)23-20(28)19(27)18(26)12-6-7-16(25)22-12/h3-5,10,12-13,15,18-19,24,26-27H,6-9H2,1-2H3,(H,22,25)(H,23,28)/t12-,13+,15+,18+,19+/m1/s1. The van der Waals surface area contributed by atoms with Crippen LogP contribution in [0, 0.1) is 5.92 Å². The molecule has 2 aliphatic heterocycles. The highest BCUT2D eigenvalue weighted by Crippen LogP contribution is 2.30. The second-order valence-electron chi connectivity index (χ2n) is 8.35. The van der Waals surface area contributed by atoms with Crippen molar-refractivity contribution in [2.75, 3.05) is 0 Å². The maximum Gasteiger partial charge on any atom is 0.342 e. The lowest BCUT2D eigenvalue weighted by Gasteiger charge is -2.34. The summed E-state index contributed by atoms with van der Waals surface area (Å²) in [5.74, 6) is -1.71. The van der Waals surface area contributed by atoms with Crippen molar-refractivity contribution in [2.24, 2.45) is 5.92 Å². The number of esters is 1. The zero-order valence-corrected chi connectivity index (χ0v) is 17.0. The number of aliphatic hydroxyl groups is 2. The molecule has 5 N–H and O–H groups in total. The van der Waals surface area contributed by atoms with Crippen molar-refractivity contribution in [2.45, 2.75) is 69.9 Å². The van der Waals surface area contributed by atoms with Crippen molar-refractivity contribution in [1.29, 1.82) is 0 Å². The molecule has 0 aliphatic carbocycles. The van der Waals surface area contributed by atoms with Gasteiger partial charge in [0.25, 0.3) is 5.91 Å². The van der Waals surface area contributed by atoms with E-state index >= 15 is 0 Å². The average molecular weight is 420 g/mol. The van der Waals surface area contributed by atoms with Crippen LogP contribution in [0.4, 0.5) is 0 Å². The summed E-state index contributed by atoms with van der Waals surface area (Å²) in [6.07, 6.45) is -2.53. The number of rotatable bonds is 7. The van der Waals surface area contributed by atoms with Crippen LogP contribution in [0.5, 0.6) is 5.75 Å². The molecule has 3 rings (SSSR count). The number of phenols is 1. The molecule has 2 heterocycles. The van der Waals surface area contributed by atoms with Gasteiger partial charge in [0.15, 0.2) is 6.10 Å². The third-order valence-corrected chi connectivity index (χ3v) is 5.55. The maximum absolute atomic E-state index is 12.6. The lowest BCUT2D eigenvalue weighted by Crippen LogP contribution is -2.55. The molecule has 0 spiro atoms. The molecule has 1 aromatic carbocycles. The van der Waals surface area contributed by atoms with Crippen molar-refractivity contribution in [1.82, 2.24) is 10.6 Å². The second-order valence-corrected chi connectivity index (χ2v) is 8.35. The Morgan fingerprint density at radius 2 is 2.03 bits per heavy atom. The summed E-state index contributed by atoms with van der Waals surface area (Å²) in [7, 11) is 0. The fraction of sp³-hybridized carbons (Fsp3) is 0.571. The van der Waals surface area contributed by atoms with Crippen LogP contribution < -0.4 is 10.6 Å². The number of phenolic OH excluding ortho intramolecular Hbond substituents is 1. The van der Waals surface area contributed by atoms with Crippen molar-refractivity contribution in [3.63, 3.8) is 0 Å². The van der Waals surface area contributed by atoms with Gasteiger partial charge in [0.05, 0.1) is 12.1 Å². The number of benzene rings is 1. The van der Waals surface area contributed by atoms with Gasteiger partial charge in [-0.1, -0.05) is 26.0 Å². The predicted molar refractivity (Wildman–Crippen MR) is 106 cm³/mol. The van der Waals surface area contributed by atoms with E-state index in [2.05, 4.69) is 10.6 Å². The topological polar surface area (TPSA) is 145 Å². The van der Waals surface area contributed by atoms with Crippen molar-refractivity contribution < 1.29 is 34.4 Å². The lowest BCUT2D eigenvalue weighted by atomic mass is 9.90. The number of carbonyl (C=O) groups excluding carboxylic acids is 3.